The first-order valence-corrected chi connectivity index (χ1v) is 8.28. The third-order valence-corrected chi connectivity index (χ3v) is 5.13. The van der Waals surface area contributed by atoms with Crippen LogP contribution in [0.3, 0.4) is 0 Å². The molecule has 4 nitrogen and oxygen atoms in total. The fourth-order valence-corrected chi connectivity index (χ4v) is 3.69. The number of rotatable bonds is 6. The first-order chi connectivity index (χ1) is 9.74. The molecule has 116 valence electrons. The monoisotopic (exact) mass is 282 g/mol. The molecule has 1 saturated heterocycles. The zero-order chi connectivity index (χ0) is 14.4. The lowest BCUT2D eigenvalue weighted by Crippen LogP contribution is -2.43. The minimum absolute atomic E-state index is 0.0227. The fraction of sp³-hybridized carbons (Fsp3) is 0.938. The smallest absolute Gasteiger partial charge is 0.310 e. The van der Waals surface area contributed by atoms with Crippen LogP contribution in [0.1, 0.15) is 45.4 Å². The van der Waals surface area contributed by atoms with Crippen LogP contribution in [0, 0.1) is 11.8 Å². The largest absolute Gasteiger partial charge is 0.469 e. The number of nitrogens with zero attached hydrogens (tertiary/aromatic N) is 1. The number of methoxy groups -OCH3 is 1. The maximum atomic E-state index is 12.1. The summed E-state index contributed by atoms with van der Waals surface area (Å²) in [6, 6.07) is 0.623. The number of hydrogen-bond acceptors (Lipinski definition) is 4. The number of likely N-dealkylation sites (tertiary alicyclic amines) is 1. The van der Waals surface area contributed by atoms with Crippen LogP contribution < -0.4 is 5.32 Å². The van der Waals surface area contributed by atoms with E-state index in [1.807, 2.05) is 0 Å². The first-order valence-electron chi connectivity index (χ1n) is 8.28. The summed E-state index contributed by atoms with van der Waals surface area (Å²) >= 11 is 0. The van der Waals surface area contributed by atoms with Crippen molar-refractivity contribution in [1.82, 2.24) is 10.2 Å². The van der Waals surface area contributed by atoms with Gasteiger partial charge in [0.15, 0.2) is 0 Å². The average Bonchev–Trinajstić information content (AvgIpc) is 3.01. The minimum atomic E-state index is -0.0227. The molecule has 2 fully saturated rings. The van der Waals surface area contributed by atoms with E-state index in [1.54, 1.807) is 0 Å². The quantitative estimate of drug-likeness (QED) is 0.757. The van der Waals surface area contributed by atoms with Crippen molar-refractivity contribution in [1.29, 1.82) is 0 Å². The molecular weight excluding hydrogens is 252 g/mol. The van der Waals surface area contributed by atoms with E-state index < -0.39 is 0 Å². The minimum Gasteiger partial charge on any atom is -0.469 e. The summed E-state index contributed by atoms with van der Waals surface area (Å²) in [7, 11) is 1.52. The SMILES string of the molecule is CCN1CCC(C(CNC2CCCC2)C(=O)OC)CC1. The number of piperidine rings is 1. The second-order valence-electron chi connectivity index (χ2n) is 6.29. The molecule has 0 radical (unpaired) electrons. The molecule has 0 aromatic rings. The second-order valence-corrected chi connectivity index (χ2v) is 6.29. The van der Waals surface area contributed by atoms with Crippen molar-refractivity contribution >= 4 is 5.97 Å². The van der Waals surface area contributed by atoms with Gasteiger partial charge >= 0.3 is 5.97 Å². The fourth-order valence-electron chi connectivity index (χ4n) is 3.69. The maximum Gasteiger partial charge on any atom is 0.310 e. The Morgan fingerprint density at radius 2 is 1.90 bits per heavy atom. The van der Waals surface area contributed by atoms with Gasteiger partial charge in [-0.15, -0.1) is 0 Å². The first kappa shape index (κ1) is 15.8. The van der Waals surface area contributed by atoms with Gasteiger partial charge in [0.05, 0.1) is 13.0 Å². The maximum absolute atomic E-state index is 12.1. The van der Waals surface area contributed by atoms with Gasteiger partial charge in [-0.05, 0) is 51.2 Å². The summed E-state index contributed by atoms with van der Waals surface area (Å²) in [5.41, 5.74) is 0. The second kappa shape index (κ2) is 7.99. The number of carbonyl (C=O) groups is 1. The average molecular weight is 282 g/mol. The standard InChI is InChI=1S/C16H30N2O2/c1-3-18-10-8-13(9-11-18)15(16(19)20-2)12-17-14-6-4-5-7-14/h13-15,17H,3-12H2,1-2H3. The summed E-state index contributed by atoms with van der Waals surface area (Å²) in [4.78, 5) is 14.6. The molecule has 0 spiro atoms. The number of ether oxygens (including phenoxy) is 1. The molecule has 2 aliphatic rings. The summed E-state index contributed by atoms with van der Waals surface area (Å²) in [6.07, 6.45) is 7.44. The van der Waals surface area contributed by atoms with Crippen molar-refractivity contribution in [3.63, 3.8) is 0 Å². The molecule has 20 heavy (non-hydrogen) atoms. The zero-order valence-corrected chi connectivity index (χ0v) is 13.1. The van der Waals surface area contributed by atoms with E-state index in [-0.39, 0.29) is 11.9 Å². The van der Waals surface area contributed by atoms with Crippen molar-refractivity contribution in [3.05, 3.63) is 0 Å². The van der Waals surface area contributed by atoms with Crippen LogP contribution in [0.15, 0.2) is 0 Å². The van der Waals surface area contributed by atoms with E-state index >= 15 is 0 Å². The normalized spacial score (nSPS) is 23.9. The Hall–Kier alpha value is -0.610. The Labute approximate surface area is 123 Å². The molecule has 1 aliphatic heterocycles. The Kier molecular flexibility index (Phi) is 6.30. The van der Waals surface area contributed by atoms with Gasteiger partial charge in [0.25, 0.3) is 0 Å². The van der Waals surface area contributed by atoms with E-state index in [9.17, 15) is 4.79 Å². The van der Waals surface area contributed by atoms with Gasteiger partial charge in [-0.1, -0.05) is 19.8 Å². The highest BCUT2D eigenvalue weighted by atomic mass is 16.5. The van der Waals surface area contributed by atoms with E-state index in [0.717, 1.165) is 39.0 Å². The third-order valence-electron chi connectivity index (χ3n) is 5.13. The van der Waals surface area contributed by atoms with Crippen LogP contribution in [-0.2, 0) is 9.53 Å². The van der Waals surface area contributed by atoms with Crippen LogP contribution >= 0.6 is 0 Å². The van der Waals surface area contributed by atoms with E-state index in [4.69, 9.17) is 4.74 Å². The number of esters is 1. The third kappa shape index (κ3) is 4.19. The summed E-state index contributed by atoms with van der Waals surface area (Å²) in [5.74, 6) is 0.504. The highest BCUT2D eigenvalue weighted by Crippen LogP contribution is 2.26. The predicted octanol–water partition coefficient (Wildman–Crippen LogP) is 2.04. The molecule has 1 unspecified atom stereocenters. The summed E-state index contributed by atoms with van der Waals surface area (Å²) in [5, 5.41) is 3.60. The molecule has 4 heteroatoms. The molecule has 0 aromatic heterocycles. The lowest BCUT2D eigenvalue weighted by atomic mass is 9.84. The molecule has 1 heterocycles. The molecule has 2 rings (SSSR count). The van der Waals surface area contributed by atoms with Crippen LogP contribution in [0.25, 0.3) is 0 Å². The molecule has 1 atom stereocenters. The van der Waals surface area contributed by atoms with Gasteiger partial charge < -0.3 is 15.0 Å². The van der Waals surface area contributed by atoms with Crippen molar-refractivity contribution in [2.75, 3.05) is 33.3 Å². The van der Waals surface area contributed by atoms with Gasteiger partial charge in [-0.3, -0.25) is 4.79 Å². The molecule has 0 bridgehead atoms. The summed E-state index contributed by atoms with van der Waals surface area (Å²) in [6.45, 7) is 6.38. The van der Waals surface area contributed by atoms with Gasteiger partial charge in [-0.2, -0.15) is 0 Å². The zero-order valence-electron chi connectivity index (χ0n) is 13.1. The van der Waals surface area contributed by atoms with Crippen molar-refractivity contribution in [2.45, 2.75) is 51.5 Å². The van der Waals surface area contributed by atoms with E-state index in [0.29, 0.717) is 12.0 Å². The Morgan fingerprint density at radius 3 is 2.45 bits per heavy atom. The molecule has 1 N–H and O–H groups in total. The van der Waals surface area contributed by atoms with Crippen LogP contribution in [-0.4, -0.2) is 50.2 Å². The Balaban J connectivity index is 1.84. The molecular formula is C16H30N2O2. The van der Waals surface area contributed by atoms with Crippen LogP contribution in [0.5, 0.6) is 0 Å². The topological polar surface area (TPSA) is 41.6 Å². The van der Waals surface area contributed by atoms with E-state index in [2.05, 4.69) is 17.1 Å². The van der Waals surface area contributed by atoms with Crippen LogP contribution in [0.2, 0.25) is 0 Å². The molecule has 0 aromatic carbocycles. The van der Waals surface area contributed by atoms with Crippen molar-refractivity contribution in [2.24, 2.45) is 11.8 Å². The van der Waals surface area contributed by atoms with Crippen LogP contribution in [0.4, 0.5) is 0 Å². The Bertz CT molecular complexity index is 295. The Morgan fingerprint density at radius 1 is 1.25 bits per heavy atom. The van der Waals surface area contributed by atoms with Crippen molar-refractivity contribution in [3.8, 4) is 0 Å². The van der Waals surface area contributed by atoms with Crippen molar-refractivity contribution < 1.29 is 9.53 Å². The lowest BCUT2D eigenvalue weighted by molar-refractivity contribution is -0.148. The number of carbonyl (C=O) groups excluding carboxylic acids is 1. The highest BCUT2D eigenvalue weighted by Gasteiger charge is 2.32. The van der Waals surface area contributed by atoms with Gasteiger partial charge in [0.1, 0.15) is 0 Å². The van der Waals surface area contributed by atoms with Gasteiger partial charge in [0, 0.05) is 12.6 Å². The number of nitrogens with one attached hydrogen (secondary N) is 1. The van der Waals surface area contributed by atoms with Gasteiger partial charge in [0.2, 0.25) is 0 Å². The summed E-state index contributed by atoms with van der Waals surface area (Å²) < 4.78 is 5.04. The number of hydrogen-bond donors (Lipinski definition) is 1. The lowest BCUT2D eigenvalue weighted by Gasteiger charge is -2.35. The molecule has 0 amide bonds. The van der Waals surface area contributed by atoms with Gasteiger partial charge in [-0.25, -0.2) is 0 Å². The molecule has 1 aliphatic carbocycles. The highest BCUT2D eigenvalue weighted by molar-refractivity contribution is 5.73. The molecule has 1 saturated carbocycles. The van der Waals surface area contributed by atoms with E-state index in [1.165, 1.54) is 32.8 Å². The predicted molar refractivity (Wildman–Crippen MR) is 80.6 cm³/mol.